The first-order valence-corrected chi connectivity index (χ1v) is 13.9. The number of benzene rings is 3. The molecule has 0 aliphatic rings. The largest absolute Gasteiger partial charge is 0.357 e. The number of hydrogen-bond acceptors (Lipinski definition) is 4. The summed E-state index contributed by atoms with van der Waals surface area (Å²) in [6, 6.07) is 17.7. The summed E-state index contributed by atoms with van der Waals surface area (Å²) in [5, 5.41) is 2.57. The van der Waals surface area contributed by atoms with Crippen LogP contribution >= 0.6 is 15.9 Å². The molecule has 196 valence electrons. The number of nitrogens with one attached hydrogen (secondary N) is 1. The molecule has 0 aliphatic carbocycles. The smallest absolute Gasteiger partial charge is 0.264 e. The van der Waals surface area contributed by atoms with Crippen LogP contribution in [0.25, 0.3) is 0 Å². The van der Waals surface area contributed by atoms with E-state index in [1.54, 1.807) is 43.3 Å². The summed E-state index contributed by atoms with van der Waals surface area (Å²) in [6.45, 7) is 3.08. The summed E-state index contributed by atoms with van der Waals surface area (Å²) in [4.78, 5) is 27.8. The molecule has 1 unspecified atom stereocenters. The highest BCUT2D eigenvalue weighted by Gasteiger charge is 2.33. The molecule has 7 nitrogen and oxygen atoms in total. The van der Waals surface area contributed by atoms with Crippen molar-refractivity contribution in [3.8, 4) is 0 Å². The van der Waals surface area contributed by atoms with Crippen molar-refractivity contribution < 1.29 is 22.4 Å². The topological polar surface area (TPSA) is 86.8 Å². The molecule has 0 saturated carbocycles. The van der Waals surface area contributed by atoms with Crippen LogP contribution in [0.4, 0.5) is 10.1 Å². The average Bonchev–Trinajstić information content (AvgIpc) is 2.88. The first-order valence-electron chi connectivity index (χ1n) is 11.7. The van der Waals surface area contributed by atoms with Crippen LogP contribution in [0.3, 0.4) is 0 Å². The van der Waals surface area contributed by atoms with Crippen molar-refractivity contribution in [3.05, 3.63) is 94.2 Å². The normalized spacial score (nSPS) is 12.0. The third-order valence-electron chi connectivity index (χ3n) is 5.90. The molecule has 10 heteroatoms. The second kappa shape index (κ2) is 12.3. The van der Waals surface area contributed by atoms with Crippen molar-refractivity contribution in [2.45, 2.75) is 37.8 Å². The van der Waals surface area contributed by atoms with Crippen LogP contribution < -0.4 is 9.62 Å². The molecule has 0 bridgehead atoms. The fourth-order valence-corrected chi connectivity index (χ4v) is 5.52. The van der Waals surface area contributed by atoms with E-state index in [1.807, 2.05) is 6.92 Å². The number of nitrogens with zero attached hydrogens (tertiary/aromatic N) is 2. The highest BCUT2D eigenvalue weighted by molar-refractivity contribution is 9.10. The molecular formula is C27H29BrFN3O4S. The molecule has 3 rings (SSSR count). The number of anilines is 1. The number of likely N-dealkylation sites (N-methyl/N-ethyl adjacent to an activating group) is 1. The van der Waals surface area contributed by atoms with E-state index in [4.69, 9.17) is 0 Å². The number of halogens is 2. The zero-order valence-corrected chi connectivity index (χ0v) is 23.2. The molecular weight excluding hydrogens is 561 g/mol. The highest BCUT2D eigenvalue weighted by Crippen LogP contribution is 2.26. The Morgan fingerprint density at radius 3 is 2.11 bits per heavy atom. The van der Waals surface area contributed by atoms with Gasteiger partial charge < -0.3 is 10.2 Å². The van der Waals surface area contributed by atoms with Crippen LogP contribution in [0.2, 0.25) is 0 Å². The van der Waals surface area contributed by atoms with Crippen LogP contribution in [0.15, 0.2) is 82.2 Å². The molecule has 1 N–H and O–H groups in total. The minimum absolute atomic E-state index is 0.00377. The predicted octanol–water partition coefficient (Wildman–Crippen LogP) is 4.65. The van der Waals surface area contributed by atoms with Gasteiger partial charge >= 0.3 is 0 Å². The maximum atomic E-state index is 13.8. The van der Waals surface area contributed by atoms with Crippen LogP contribution in [0.1, 0.15) is 24.5 Å². The van der Waals surface area contributed by atoms with Crippen LogP contribution in [0, 0.1) is 12.7 Å². The van der Waals surface area contributed by atoms with Gasteiger partial charge in [-0.25, -0.2) is 12.8 Å². The molecule has 0 fully saturated rings. The van der Waals surface area contributed by atoms with Gasteiger partial charge in [0.1, 0.15) is 18.4 Å². The van der Waals surface area contributed by atoms with Gasteiger partial charge in [-0.15, -0.1) is 0 Å². The lowest BCUT2D eigenvalue weighted by Crippen LogP contribution is -2.51. The first kappa shape index (κ1) is 28.3. The Bertz CT molecular complexity index is 1330. The summed E-state index contributed by atoms with van der Waals surface area (Å²) in [7, 11) is -2.65. The fourth-order valence-electron chi connectivity index (χ4n) is 3.85. The molecule has 2 amide bonds. The number of carbonyl (C=O) groups excluding carboxylic acids is 2. The van der Waals surface area contributed by atoms with E-state index in [0.717, 1.165) is 14.3 Å². The van der Waals surface area contributed by atoms with Gasteiger partial charge in [0.2, 0.25) is 11.8 Å². The summed E-state index contributed by atoms with van der Waals surface area (Å²) >= 11 is 3.35. The number of sulfonamides is 1. The van der Waals surface area contributed by atoms with Crippen molar-refractivity contribution >= 4 is 43.5 Å². The van der Waals surface area contributed by atoms with E-state index < -0.39 is 34.3 Å². The standard InChI is InChI=1S/C27H29BrFN3O4S/c1-4-25(27(34)30-3)31(17-20-7-11-22(29)12-8-20)26(33)18-32(23-13-9-21(28)10-14-23)37(35,36)24-15-5-19(2)6-16-24/h5-16,25H,4,17-18H2,1-3H3,(H,30,34). The Balaban J connectivity index is 2.04. The Labute approximate surface area is 225 Å². The highest BCUT2D eigenvalue weighted by atomic mass is 79.9. The molecule has 0 spiro atoms. The van der Waals surface area contributed by atoms with Gasteiger partial charge in [-0.3, -0.25) is 13.9 Å². The zero-order valence-electron chi connectivity index (χ0n) is 20.8. The predicted molar refractivity (Wildman–Crippen MR) is 145 cm³/mol. The van der Waals surface area contributed by atoms with Crippen LogP contribution in [-0.4, -0.2) is 44.8 Å². The lowest BCUT2D eigenvalue weighted by atomic mass is 10.1. The lowest BCUT2D eigenvalue weighted by Gasteiger charge is -2.33. The third kappa shape index (κ3) is 6.95. The number of amides is 2. The molecule has 0 heterocycles. The summed E-state index contributed by atoms with van der Waals surface area (Å²) < 4.78 is 42.7. The molecule has 0 aliphatic heterocycles. The lowest BCUT2D eigenvalue weighted by molar-refractivity contribution is -0.140. The second-order valence-corrected chi connectivity index (χ2v) is 11.3. The van der Waals surface area contributed by atoms with Crippen molar-refractivity contribution in [2.75, 3.05) is 17.9 Å². The molecule has 0 saturated heterocycles. The Morgan fingerprint density at radius 2 is 1.57 bits per heavy atom. The van der Waals surface area contributed by atoms with Gasteiger partial charge in [0.25, 0.3) is 10.0 Å². The second-order valence-electron chi connectivity index (χ2n) is 8.49. The van der Waals surface area contributed by atoms with E-state index in [-0.39, 0.29) is 17.3 Å². The van der Waals surface area contributed by atoms with Crippen LogP contribution in [-0.2, 0) is 26.2 Å². The van der Waals surface area contributed by atoms with Gasteiger partial charge in [0.15, 0.2) is 0 Å². The van der Waals surface area contributed by atoms with Crippen molar-refractivity contribution in [3.63, 3.8) is 0 Å². The monoisotopic (exact) mass is 589 g/mol. The van der Waals surface area contributed by atoms with Crippen molar-refractivity contribution in [1.82, 2.24) is 10.2 Å². The van der Waals surface area contributed by atoms with Crippen molar-refractivity contribution in [1.29, 1.82) is 0 Å². The molecule has 0 radical (unpaired) electrons. The number of aryl methyl sites for hydroxylation is 1. The minimum atomic E-state index is -4.13. The Hall–Kier alpha value is -3.24. The SMILES string of the molecule is CCC(C(=O)NC)N(Cc1ccc(F)cc1)C(=O)CN(c1ccc(Br)cc1)S(=O)(=O)c1ccc(C)cc1. The van der Waals surface area contributed by atoms with Gasteiger partial charge in [-0.1, -0.05) is 52.7 Å². The maximum absolute atomic E-state index is 13.8. The summed E-state index contributed by atoms with van der Waals surface area (Å²) in [5.41, 5.74) is 1.80. The minimum Gasteiger partial charge on any atom is -0.357 e. The van der Waals surface area contributed by atoms with Gasteiger partial charge in [-0.05, 0) is 67.4 Å². The molecule has 0 aromatic heterocycles. The van der Waals surface area contributed by atoms with Crippen molar-refractivity contribution in [2.24, 2.45) is 0 Å². The molecule has 3 aromatic rings. The molecule has 37 heavy (non-hydrogen) atoms. The summed E-state index contributed by atoms with van der Waals surface area (Å²) in [5.74, 6) is -1.38. The third-order valence-corrected chi connectivity index (χ3v) is 8.22. The van der Waals surface area contributed by atoms with Gasteiger partial charge in [0, 0.05) is 18.1 Å². The van der Waals surface area contributed by atoms with E-state index >= 15 is 0 Å². The quantitative estimate of drug-likeness (QED) is 0.373. The van der Waals surface area contributed by atoms with Crippen LogP contribution in [0.5, 0.6) is 0 Å². The maximum Gasteiger partial charge on any atom is 0.264 e. The molecule has 3 aromatic carbocycles. The first-order chi connectivity index (χ1) is 17.6. The van der Waals surface area contributed by atoms with Gasteiger partial charge in [0.05, 0.1) is 10.6 Å². The van der Waals surface area contributed by atoms with Gasteiger partial charge in [-0.2, -0.15) is 0 Å². The van der Waals surface area contributed by atoms with E-state index in [2.05, 4.69) is 21.2 Å². The van der Waals surface area contributed by atoms with E-state index in [0.29, 0.717) is 17.7 Å². The van der Waals surface area contributed by atoms with E-state index in [9.17, 15) is 22.4 Å². The Morgan fingerprint density at radius 1 is 0.973 bits per heavy atom. The number of carbonyl (C=O) groups is 2. The zero-order chi connectivity index (χ0) is 27.2. The number of rotatable bonds is 10. The summed E-state index contributed by atoms with van der Waals surface area (Å²) in [6.07, 6.45) is 0.301. The Kier molecular flexibility index (Phi) is 9.45. The molecule has 1 atom stereocenters. The van der Waals surface area contributed by atoms with E-state index in [1.165, 1.54) is 48.3 Å². The number of hydrogen-bond donors (Lipinski definition) is 1. The fraction of sp³-hybridized carbons (Fsp3) is 0.259. The average molecular weight is 591 g/mol.